The predicted molar refractivity (Wildman–Crippen MR) is 121 cm³/mol. The van der Waals surface area contributed by atoms with Gasteiger partial charge in [-0.25, -0.2) is 4.79 Å². The highest BCUT2D eigenvalue weighted by molar-refractivity contribution is 5.99. The molecule has 1 aromatic heterocycles. The lowest BCUT2D eigenvalue weighted by atomic mass is 9.95. The molecule has 7 nitrogen and oxygen atoms in total. The number of amides is 1. The van der Waals surface area contributed by atoms with Crippen LogP contribution in [0.4, 0.5) is 0 Å². The van der Waals surface area contributed by atoms with Crippen molar-refractivity contribution < 1.29 is 19.4 Å². The zero-order valence-electron chi connectivity index (χ0n) is 17.8. The molecule has 1 spiro atoms. The Hall–Kier alpha value is -3.58. The van der Waals surface area contributed by atoms with Crippen molar-refractivity contribution >= 4 is 28.9 Å². The number of para-hydroxylation sites is 1. The Morgan fingerprint density at radius 2 is 2.12 bits per heavy atom. The normalized spacial score (nSPS) is 22.0. The van der Waals surface area contributed by atoms with Gasteiger partial charge in [-0.15, -0.1) is 0 Å². The van der Waals surface area contributed by atoms with Crippen molar-refractivity contribution in [3.8, 4) is 5.75 Å². The molecule has 2 atom stereocenters. The maximum absolute atomic E-state index is 13.0. The maximum atomic E-state index is 13.0. The molecule has 0 aliphatic carbocycles. The largest absolute Gasteiger partial charge is 0.478 e. The van der Waals surface area contributed by atoms with Crippen molar-refractivity contribution in [1.29, 1.82) is 0 Å². The number of fused-ring (bicyclic) bond motifs is 2. The summed E-state index contributed by atoms with van der Waals surface area (Å²) in [5.41, 5.74) is 2.63. The average Bonchev–Trinajstić information content (AvgIpc) is 3.21. The molecule has 3 aromatic rings. The van der Waals surface area contributed by atoms with E-state index in [2.05, 4.69) is 40.5 Å². The monoisotopic (exact) mass is 431 g/mol. The van der Waals surface area contributed by atoms with E-state index in [0.29, 0.717) is 23.4 Å². The van der Waals surface area contributed by atoms with Crippen LogP contribution in [0.5, 0.6) is 5.75 Å². The lowest BCUT2D eigenvalue weighted by Gasteiger charge is -2.47. The summed E-state index contributed by atoms with van der Waals surface area (Å²) in [6.07, 6.45) is 6.22. The van der Waals surface area contributed by atoms with Gasteiger partial charge in [0.1, 0.15) is 5.75 Å². The third kappa shape index (κ3) is 3.65. The van der Waals surface area contributed by atoms with E-state index in [-0.39, 0.29) is 11.9 Å². The van der Waals surface area contributed by atoms with Crippen LogP contribution in [0.1, 0.15) is 47.3 Å². The van der Waals surface area contributed by atoms with Crippen LogP contribution in [-0.2, 0) is 4.79 Å². The molecule has 1 saturated heterocycles. The predicted octanol–water partition coefficient (Wildman–Crippen LogP) is 3.94. The molecule has 0 radical (unpaired) electrons. The first-order chi connectivity index (χ1) is 15.4. The molecule has 164 valence electrons. The van der Waals surface area contributed by atoms with Gasteiger partial charge < -0.3 is 20.1 Å². The van der Waals surface area contributed by atoms with Gasteiger partial charge >= 0.3 is 5.97 Å². The van der Waals surface area contributed by atoms with Crippen molar-refractivity contribution in [1.82, 2.24) is 15.2 Å². The molecule has 2 aromatic carbocycles. The third-order valence-electron chi connectivity index (χ3n) is 6.42. The number of likely N-dealkylation sites (tertiary alicyclic amines) is 1. The van der Waals surface area contributed by atoms with Crippen molar-refractivity contribution in [2.75, 3.05) is 13.1 Å². The minimum atomic E-state index is -1.03. The number of carbonyl (C=O) groups is 2. The quantitative estimate of drug-likeness (QED) is 0.544. The van der Waals surface area contributed by atoms with Gasteiger partial charge in [-0.3, -0.25) is 9.69 Å². The van der Waals surface area contributed by atoms with Gasteiger partial charge in [0.2, 0.25) is 0 Å². The first kappa shape index (κ1) is 20.3. The summed E-state index contributed by atoms with van der Waals surface area (Å²) in [6.45, 7) is 3.70. The number of ether oxygens (including phenoxy) is 1. The van der Waals surface area contributed by atoms with Crippen molar-refractivity contribution in [2.45, 2.75) is 31.5 Å². The lowest BCUT2D eigenvalue weighted by Crippen LogP contribution is -2.64. The van der Waals surface area contributed by atoms with E-state index in [0.717, 1.165) is 31.0 Å². The number of piperidine rings is 1. The Morgan fingerprint density at radius 1 is 1.28 bits per heavy atom. The molecule has 7 heteroatoms. The molecule has 2 unspecified atom stereocenters. The standard InChI is InChI=1S/C25H25N3O4/c1-16(20-14-26-21-6-3-2-5-18(20)21)28-12-4-11-25(15-28)27-24(31)19-13-17(8-10-23(29)30)7-9-22(19)32-25/h2-3,5-10,13-14,16,26H,4,11-12,15H2,1H3,(H,27,31)(H,29,30)/b10-8+. The number of nitrogens with zero attached hydrogens (tertiary/aromatic N) is 1. The number of hydrogen-bond donors (Lipinski definition) is 3. The number of nitrogens with one attached hydrogen (secondary N) is 2. The highest BCUT2D eigenvalue weighted by atomic mass is 16.5. The summed E-state index contributed by atoms with van der Waals surface area (Å²) in [7, 11) is 0. The Morgan fingerprint density at radius 3 is 2.97 bits per heavy atom. The summed E-state index contributed by atoms with van der Waals surface area (Å²) in [5.74, 6) is -0.699. The number of aromatic nitrogens is 1. The molecule has 2 aliphatic heterocycles. The summed E-state index contributed by atoms with van der Waals surface area (Å²) >= 11 is 0. The smallest absolute Gasteiger partial charge is 0.328 e. The number of hydrogen-bond acceptors (Lipinski definition) is 4. The van der Waals surface area contributed by atoms with E-state index in [1.807, 2.05) is 12.1 Å². The summed E-state index contributed by atoms with van der Waals surface area (Å²) in [4.78, 5) is 29.5. The molecule has 3 N–H and O–H groups in total. The van der Waals surface area contributed by atoms with Crippen LogP contribution < -0.4 is 10.1 Å². The van der Waals surface area contributed by atoms with Gasteiger partial charge in [0.15, 0.2) is 5.72 Å². The van der Waals surface area contributed by atoms with Gasteiger partial charge in [-0.1, -0.05) is 24.3 Å². The van der Waals surface area contributed by atoms with Gasteiger partial charge in [-0.2, -0.15) is 0 Å². The summed E-state index contributed by atoms with van der Waals surface area (Å²) in [5, 5.41) is 13.1. The first-order valence-corrected chi connectivity index (χ1v) is 10.8. The van der Waals surface area contributed by atoms with Crippen LogP contribution in [0, 0.1) is 0 Å². The van der Waals surface area contributed by atoms with E-state index in [1.54, 1.807) is 18.2 Å². The topological polar surface area (TPSA) is 94.7 Å². The van der Waals surface area contributed by atoms with Gasteiger partial charge in [0.25, 0.3) is 5.91 Å². The Kier molecular flexibility index (Phi) is 4.98. The number of aliphatic carboxylic acids is 1. The second-order valence-electron chi connectivity index (χ2n) is 8.52. The summed E-state index contributed by atoms with van der Waals surface area (Å²) in [6, 6.07) is 13.6. The van der Waals surface area contributed by atoms with Crippen molar-refractivity contribution in [3.05, 3.63) is 71.4 Å². The number of carboxylic acids is 1. The molecule has 32 heavy (non-hydrogen) atoms. The second-order valence-corrected chi connectivity index (χ2v) is 8.52. The fourth-order valence-electron chi connectivity index (χ4n) is 4.80. The van der Waals surface area contributed by atoms with Crippen molar-refractivity contribution in [3.63, 3.8) is 0 Å². The summed E-state index contributed by atoms with van der Waals surface area (Å²) < 4.78 is 6.37. The van der Waals surface area contributed by atoms with Crippen molar-refractivity contribution in [2.24, 2.45) is 0 Å². The van der Waals surface area contributed by atoms with E-state index in [4.69, 9.17) is 9.84 Å². The molecule has 2 aliphatic rings. The highest BCUT2D eigenvalue weighted by Crippen LogP contribution is 2.37. The number of aromatic amines is 1. The van der Waals surface area contributed by atoms with Gasteiger partial charge in [-0.05, 0) is 55.3 Å². The fourth-order valence-corrected chi connectivity index (χ4v) is 4.80. The number of benzene rings is 2. The molecule has 3 heterocycles. The SMILES string of the molecule is CC(c1c[nH]c2ccccc12)N1CCCC2(C1)NC(=O)c1cc(/C=C/C(=O)O)ccc1O2. The molecule has 5 rings (SSSR count). The second kappa shape index (κ2) is 7.84. The number of rotatable bonds is 4. The maximum Gasteiger partial charge on any atom is 0.328 e. The van der Waals surface area contributed by atoms with Crippen LogP contribution in [0.3, 0.4) is 0 Å². The minimum Gasteiger partial charge on any atom is -0.478 e. The van der Waals surface area contributed by atoms with Crippen LogP contribution in [0.15, 0.2) is 54.7 Å². The highest BCUT2D eigenvalue weighted by Gasteiger charge is 2.44. The fraction of sp³-hybridized carbons (Fsp3) is 0.280. The van der Waals surface area contributed by atoms with E-state index in [1.165, 1.54) is 17.0 Å². The van der Waals surface area contributed by atoms with Crippen LogP contribution in [0.25, 0.3) is 17.0 Å². The van der Waals surface area contributed by atoms with E-state index >= 15 is 0 Å². The Bertz CT molecular complexity index is 1230. The Labute approximate surface area is 185 Å². The van der Waals surface area contributed by atoms with Gasteiger partial charge in [0.05, 0.1) is 12.1 Å². The van der Waals surface area contributed by atoms with Crippen LogP contribution >= 0.6 is 0 Å². The minimum absolute atomic E-state index is 0.161. The third-order valence-corrected chi connectivity index (χ3v) is 6.42. The van der Waals surface area contributed by atoms with Crippen LogP contribution in [-0.4, -0.2) is 45.7 Å². The zero-order valence-corrected chi connectivity index (χ0v) is 17.8. The lowest BCUT2D eigenvalue weighted by molar-refractivity contribution is -0.131. The molecule has 0 bridgehead atoms. The van der Waals surface area contributed by atoms with Crippen LogP contribution in [0.2, 0.25) is 0 Å². The van der Waals surface area contributed by atoms with E-state index < -0.39 is 11.7 Å². The van der Waals surface area contributed by atoms with E-state index in [9.17, 15) is 9.59 Å². The molecular weight excluding hydrogens is 406 g/mol. The molecule has 1 fully saturated rings. The zero-order chi connectivity index (χ0) is 22.3. The molecule has 0 saturated carbocycles. The number of carboxylic acid groups (broad SMARTS) is 1. The number of carbonyl (C=O) groups excluding carboxylic acids is 1. The van der Waals surface area contributed by atoms with Gasteiger partial charge in [0, 0.05) is 35.6 Å². The average molecular weight is 431 g/mol. The molecule has 1 amide bonds. The molecular formula is C25H25N3O4. The Balaban J connectivity index is 1.39. The number of H-pyrrole nitrogens is 1. The first-order valence-electron chi connectivity index (χ1n) is 10.8.